The van der Waals surface area contributed by atoms with Crippen LogP contribution in [0.25, 0.3) is 22.3 Å². The summed E-state index contributed by atoms with van der Waals surface area (Å²) >= 11 is 11.1. The summed E-state index contributed by atoms with van der Waals surface area (Å²) in [7, 11) is 0. The first-order chi connectivity index (χ1) is 11.5. The average molecular weight is 355 g/mol. The maximum atomic E-state index is 11.3. The van der Waals surface area contributed by atoms with Gasteiger partial charge in [-0.05, 0) is 63.7 Å². The first-order valence-electron chi connectivity index (χ1n) is 7.25. The van der Waals surface area contributed by atoms with Crippen molar-refractivity contribution in [3.05, 3.63) is 83.9 Å². The quantitative estimate of drug-likeness (QED) is 0.556. The van der Waals surface area contributed by atoms with Gasteiger partial charge < -0.3 is 0 Å². The molecule has 0 aliphatic carbocycles. The molecule has 0 amide bonds. The summed E-state index contributed by atoms with van der Waals surface area (Å²) in [4.78, 5) is 22.7. The molecule has 3 aromatic rings. The summed E-state index contributed by atoms with van der Waals surface area (Å²) < 4.78 is 0. The van der Waals surface area contributed by atoms with Gasteiger partial charge in [0.25, 0.3) is 10.5 Å². The van der Waals surface area contributed by atoms with Crippen molar-refractivity contribution < 1.29 is 9.59 Å². The highest BCUT2D eigenvalue weighted by Gasteiger charge is 2.07. The fourth-order valence-corrected chi connectivity index (χ4v) is 2.76. The second-order valence-corrected chi connectivity index (χ2v) is 5.98. The van der Waals surface area contributed by atoms with E-state index >= 15 is 0 Å². The van der Waals surface area contributed by atoms with E-state index in [-0.39, 0.29) is 0 Å². The second-order valence-electron chi connectivity index (χ2n) is 5.29. The number of benzene rings is 3. The molecule has 0 aliphatic rings. The smallest absolute Gasteiger partial charge is 0.252 e. The minimum absolute atomic E-state index is 0.453. The predicted octanol–water partition coefficient (Wildman–Crippen LogP) is 5.78. The van der Waals surface area contributed by atoms with E-state index in [0.717, 1.165) is 22.3 Å². The molecular weight excluding hydrogens is 343 g/mol. The lowest BCUT2D eigenvalue weighted by Gasteiger charge is -2.08. The van der Waals surface area contributed by atoms with E-state index in [4.69, 9.17) is 23.2 Å². The van der Waals surface area contributed by atoms with Crippen LogP contribution < -0.4 is 0 Å². The lowest BCUT2D eigenvalue weighted by molar-refractivity contribution is 0.107. The summed E-state index contributed by atoms with van der Waals surface area (Å²) in [6.45, 7) is 0. The van der Waals surface area contributed by atoms with E-state index in [1.165, 1.54) is 0 Å². The van der Waals surface area contributed by atoms with Crippen LogP contribution in [0.4, 0.5) is 0 Å². The Balaban J connectivity index is 2.04. The zero-order chi connectivity index (χ0) is 17.1. The maximum Gasteiger partial charge on any atom is 0.252 e. The molecule has 3 aromatic carbocycles. The summed E-state index contributed by atoms with van der Waals surface area (Å²) in [6.07, 6.45) is 0. The van der Waals surface area contributed by atoms with Gasteiger partial charge in [0.15, 0.2) is 0 Å². The van der Waals surface area contributed by atoms with E-state index < -0.39 is 10.5 Å². The van der Waals surface area contributed by atoms with Gasteiger partial charge >= 0.3 is 0 Å². The number of carbonyl (C=O) groups excluding carboxylic acids is 2. The SMILES string of the molecule is O=C(Cl)c1cccc(-c2cccc(-c3cccc(C(=O)Cl)c3)c2)c1. The van der Waals surface area contributed by atoms with Gasteiger partial charge in [0, 0.05) is 11.1 Å². The molecule has 118 valence electrons. The van der Waals surface area contributed by atoms with Gasteiger partial charge in [0.1, 0.15) is 0 Å². The standard InChI is InChI=1S/C20H12Cl2O2/c21-19(23)17-8-2-6-15(11-17)13-4-1-5-14(10-13)16-7-3-9-18(12-16)20(22)24/h1-12H. The molecule has 0 radical (unpaired) electrons. The van der Waals surface area contributed by atoms with Crippen LogP contribution in [0.1, 0.15) is 20.7 Å². The first-order valence-corrected chi connectivity index (χ1v) is 8.01. The Bertz CT molecular complexity index is 859. The highest BCUT2D eigenvalue weighted by Crippen LogP contribution is 2.28. The fraction of sp³-hybridized carbons (Fsp3) is 0. The topological polar surface area (TPSA) is 34.1 Å². The highest BCUT2D eigenvalue weighted by molar-refractivity contribution is 6.68. The van der Waals surface area contributed by atoms with Crippen LogP contribution >= 0.6 is 23.2 Å². The number of hydrogen-bond donors (Lipinski definition) is 0. The average Bonchev–Trinajstić information content (AvgIpc) is 2.62. The number of halogens is 2. The van der Waals surface area contributed by atoms with E-state index in [1.54, 1.807) is 36.4 Å². The van der Waals surface area contributed by atoms with Gasteiger partial charge in [-0.1, -0.05) is 54.6 Å². The molecule has 4 heteroatoms. The third kappa shape index (κ3) is 3.56. The normalized spacial score (nSPS) is 10.4. The van der Waals surface area contributed by atoms with Crippen LogP contribution in [0.15, 0.2) is 72.8 Å². The summed E-state index contributed by atoms with van der Waals surface area (Å²) in [6, 6.07) is 22.1. The lowest BCUT2D eigenvalue weighted by Crippen LogP contribution is -1.90. The van der Waals surface area contributed by atoms with E-state index in [0.29, 0.717) is 11.1 Å². The largest absolute Gasteiger partial charge is 0.276 e. The van der Waals surface area contributed by atoms with Crippen LogP contribution in [0.3, 0.4) is 0 Å². The maximum absolute atomic E-state index is 11.3. The molecule has 0 unspecified atom stereocenters. The van der Waals surface area contributed by atoms with Crippen molar-refractivity contribution >= 4 is 33.7 Å². The summed E-state index contributed by atoms with van der Waals surface area (Å²) in [5.74, 6) is 0. The van der Waals surface area contributed by atoms with Crippen molar-refractivity contribution in [2.24, 2.45) is 0 Å². The van der Waals surface area contributed by atoms with Crippen LogP contribution in [0, 0.1) is 0 Å². The molecule has 0 atom stereocenters. The molecule has 0 aromatic heterocycles. The van der Waals surface area contributed by atoms with Gasteiger partial charge in [-0.25, -0.2) is 0 Å². The molecule has 0 N–H and O–H groups in total. The van der Waals surface area contributed by atoms with Crippen LogP contribution in [-0.2, 0) is 0 Å². The van der Waals surface area contributed by atoms with Crippen molar-refractivity contribution in [1.29, 1.82) is 0 Å². The molecule has 0 aliphatic heterocycles. The van der Waals surface area contributed by atoms with E-state index in [9.17, 15) is 9.59 Å². The Hall–Kier alpha value is -2.42. The summed E-state index contributed by atoms with van der Waals surface area (Å²) in [5.41, 5.74) is 4.61. The van der Waals surface area contributed by atoms with Crippen molar-refractivity contribution in [3.63, 3.8) is 0 Å². The lowest BCUT2D eigenvalue weighted by atomic mass is 9.97. The van der Waals surface area contributed by atoms with Gasteiger partial charge in [-0.15, -0.1) is 0 Å². The molecule has 0 saturated carbocycles. The minimum Gasteiger partial charge on any atom is -0.276 e. The van der Waals surface area contributed by atoms with Crippen LogP contribution in [0.5, 0.6) is 0 Å². The van der Waals surface area contributed by atoms with Crippen molar-refractivity contribution in [2.75, 3.05) is 0 Å². The third-order valence-corrected chi connectivity index (χ3v) is 4.14. The van der Waals surface area contributed by atoms with Gasteiger partial charge in [0.05, 0.1) is 0 Å². The number of hydrogen-bond acceptors (Lipinski definition) is 2. The molecule has 0 bridgehead atoms. The predicted molar refractivity (Wildman–Crippen MR) is 97.7 cm³/mol. The monoisotopic (exact) mass is 354 g/mol. The van der Waals surface area contributed by atoms with Gasteiger partial charge in [0.2, 0.25) is 0 Å². The number of rotatable bonds is 4. The molecule has 24 heavy (non-hydrogen) atoms. The molecule has 2 nitrogen and oxygen atoms in total. The Morgan fingerprint density at radius 1 is 0.542 bits per heavy atom. The second kappa shape index (κ2) is 7.00. The van der Waals surface area contributed by atoms with Gasteiger partial charge in [-0.3, -0.25) is 9.59 Å². The fourth-order valence-electron chi connectivity index (χ4n) is 2.52. The summed E-state index contributed by atoms with van der Waals surface area (Å²) in [5, 5.41) is -0.970. The first kappa shape index (κ1) is 16.4. The Labute approximate surface area is 149 Å². The van der Waals surface area contributed by atoms with Crippen molar-refractivity contribution in [2.45, 2.75) is 0 Å². The van der Waals surface area contributed by atoms with Crippen molar-refractivity contribution in [1.82, 2.24) is 0 Å². The molecule has 0 fully saturated rings. The van der Waals surface area contributed by atoms with Crippen molar-refractivity contribution in [3.8, 4) is 22.3 Å². The Morgan fingerprint density at radius 2 is 0.875 bits per heavy atom. The zero-order valence-corrected chi connectivity index (χ0v) is 14.0. The van der Waals surface area contributed by atoms with Crippen LogP contribution in [-0.4, -0.2) is 10.5 Å². The highest BCUT2D eigenvalue weighted by atomic mass is 35.5. The minimum atomic E-state index is -0.485. The van der Waals surface area contributed by atoms with Gasteiger partial charge in [-0.2, -0.15) is 0 Å². The zero-order valence-electron chi connectivity index (χ0n) is 12.5. The molecule has 3 rings (SSSR count). The van der Waals surface area contributed by atoms with Crippen LogP contribution in [0.2, 0.25) is 0 Å². The van der Waals surface area contributed by atoms with E-state index in [1.807, 2.05) is 36.4 Å². The van der Waals surface area contributed by atoms with E-state index in [2.05, 4.69) is 0 Å². The molecule has 0 spiro atoms. The Kier molecular flexibility index (Phi) is 4.79. The number of carbonyl (C=O) groups is 2. The Morgan fingerprint density at radius 3 is 1.25 bits per heavy atom. The molecule has 0 heterocycles. The molecular formula is C20H12Cl2O2. The molecule has 0 saturated heterocycles. The third-order valence-electron chi connectivity index (χ3n) is 3.71.